The molecule has 112 valence electrons. The summed E-state index contributed by atoms with van der Waals surface area (Å²) in [6.45, 7) is 6.38. The molecule has 0 spiro atoms. The number of aliphatic hydroxyl groups excluding tert-OH is 1. The van der Waals surface area contributed by atoms with E-state index in [0.29, 0.717) is 6.04 Å². The van der Waals surface area contributed by atoms with Crippen LogP contribution in [-0.2, 0) is 0 Å². The van der Waals surface area contributed by atoms with E-state index >= 15 is 0 Å². The maximum Gasteiger partial charge on any atom is 0.224 e. The van der Waals surface area contributed by atoms with E-state index in [4.69, 9.17) is 5.11 Å². The van der Waals surface area contributed by atoms with Crippen molar-refractivity contribution in [3.63, 3.8) is 0 Å². The second kappa shape index (κ2) is 7.43. The fourth-order valence-corrected chi connectivity index (χ4v) is 2.78. The number of aromatic nitrogens is 2. The van der Waals surface area contributed by atoms with E-state index in [1.165, 1.54) is 12.8 Å². The van der Waals surface area contributed by atoms with Gasteiger partial charge in [-0.2, -0.15) is 4.98 Å². The molecule has 0 radical (unpaired) electrons. The number of anilines is 2. The van der Waals surface area contributed by atoms with Crippen LogP contribution in [0.1, 0.15) is 44.7 Å². The molecule has 20 heavy (non-hydrogen) atoms. The summed E-state index contributed by atoms with van der Waals surface area (Å²) in [6.07, 6.45) is 5.37. The van der Waals surface area contributed by atoms with Crippen molar-refractivity contribution in [1.82, 2.24) is 9.97 Å². The maximum atomic E-state index is 9.01. The van der Waals surface area contributed by atoms with E-state index in [2.05, 4.69) is 33.2 Å². The Morgan fingerprint density at radius 3 is 3.05 bits per heavy atom. The zero-order chi connectivity index (χ0) is 14.4. The van der Waals surface area contributed by atoms with Crippen LogP contribution in [0.25, 0.3) is 0 Å². The lowest BCUT2D eigenvalue weighted by Gasteiger charge is -2.26. The Kier molecular flexibility index (Phi) is 5.59. The molecular formula is C15H26N4O. The molecule has 1 aliphatic rings. The fourth-order valence-electron chi connectivity index (χ4n) is 2.78. The normalized spacial score (nSPS) is 18.6. The molecule has 5 heteroatoms. The lowest BCUT2D eigenvalue weighted by molar-refractivity contribution is 0.279. The monoisotopic (exact) mass is 278 g/mol. The maximum absolute atomic E-state index is 9.01. The molecule has 2 rings (SSSR count). The molecular weight excluding hydrogens is 252 g/mol. The Hall–Kier alpha value is -1.36. The molecule has 2 N–H and O–H groups in total. The van der Waals surface area contributed by atoms with Gasteiger partial charge in [-0.25, -0.2) is 4.98 Å². The SMILES string of the molecule is CCCNc1nc(C)cc(N2CCCC2CCCO)n1. The fraction of sp³-hybridized carbons (Fsp3) is 0.733. The van der Waals surface area contributed by atoms with Gasteiger partial charge in [0, 0.05) is 37.5 Å². The first-order chi connectivity index (χ1) is 9.74. The first-order valence-corrected chi connectivity index (χ1v) is 7.71. The van der Waals surface area contributed by atoms with E-state index in [-0.39, 0.29) is 6.61 Å². The van der Waals surface area contributed by atoms with Gasteiger partial charge in [-0.15, -0.1) is 0 Å². The van der Waals surface area contributed by atoms with E-state index in [1.54, 1.807) is 0 Å². The van der Waals surface area contributed by atoms with Gasteiger partial charge in [0.15, 0.2) is 0 Å². The summed E-state index contributed by atoms with van der Waals surface area (Å²) in [4.78, 5) is 11.5. The molecule has 2 heterocycles. The first kappa shape index (κ1) is 15.0. The number of nitrogens with one attached hydrogen (secondary N) is 1. The number of aliphatic hydroxyl groups is 1. The smallest absolute Gasteiger partial charge is 0.224 e. The Bertz CT molecular complexity index is 424. The Balaban J connectivity index is 2.11. The van der Waals surface area contributed by atoms with Gasteiger partial charge in [0.25, 0.3) is 0 Å². The molecule has 1 aliphatic heterocycles. The lowest BCUT2D eigenvalue weighted by Crippen LogP contribution is -2.30. The number of hydrogen-bond donors (Lipinski definition) is 2. The van der Waals surface area contributed by atoms with Gasteiger partial charge < -0.3 is 15.3 Å². The van der Waals surface area contributed by atoms with Crippen LogP contribution in [0.4, 0.5) is 11.8 Å². The van der Waals surface area contributed by atoms with Gasteiger partial charge in [-0.05, 0) is 39.0 Å². The average Bonchev–Trinajstić information content (AvgIpc) is 2.90. The Morgan fingerprint density at radius 2 is 2.30 bits per heavy atom. The minimum Gasteiger partial charge on any atom is -0.396 e. The second-order valence-electron chi connectivity index (χ2n) is 5.47. The van der Waals surface area contributed by atoms with Gasteiger partial charge in [-0.1, -0.05) is 6.92 Å². The van der Waals surface area contributed by atoms with Gasteiger partial charge in [0.2, 0.25) is 5.95 Å². The minimum atomic E-state index is 0.274. The third-order valence-corrected chi connectivity index (χ3v) is 3.74. The minimum absolute atomic E-state index is 0.274. The number of nitrogens with zero attached hydrogens (tertiary/aromatic N) is 3. The number of hydrogen-bond acceptors (Lipinski definition) is 5. The van der Waals surface area contributed by atoms with E-state index < -0.39 is 0 Å². The molecule has 0 saturated carbocycles. The molecule has 1 aromatic rings. The summed E-state index contributed by atoms with van der Waals surface area (Å²) in [5.74, 6) is 1.76. The highest BCUT2D eigenvalue weighted by Crippen LogP contribution is 2.27. The zero-order valence-electron chi connectivity index (χ0n) is 12.6. The lowest BCUT2D eigenvalue weighted by atomic mass is 10.1. The molecule has 0 amide bonds. The van der Waals surface area contributed by atoms with Crippen LogP contribution < -0.4 is 10.2 Å². The molecule has 1 saturated heterocycles. The highest BCUT2D eigenvalue weighted by Gasteiger charge is 2.25. The summed E-state index contributed by atoms with van der Waals surface area (Å²) in [7, 11) is 0. The van der Waals surface area contributed by atoms with Crippen molar-refractivity contribution in [3.05, 3.63) is 11.8 Å². The van der Waals surface area contributed by atoms with Gasteiger partial charge in [0.1, 0.15) is 5.82 Å². The van der Waals surface area contributed by atoms with Gasteiger partial charge in [0.05, 0.1) is 0 Å². The van der Waals surface area contributed by atoms with Crippen molar-refractivity contribution in [1.29, 1.82) is 0 Å². The summed E-state index contributed by atoms with van der Waals surface area (Å²) < 4.78 is 0. The van der Waals surface area contributed by atoms with Crippen molar-refractivity contribution >= 4 is 11.8 Å². The van der Waals surface area contributed by atoms with Gasteiger partial charge >= 0.3 is 0 Å². The van der Waals surface area contributed by atoms with Crippen molar-refractivity contribution in [2.45, 2.75) is 52.0 Å². The van der Waals surface area contributed by atoms with Crippen LogP contribution in [0.5, 0.6) is 0 Å². The Labute approximate surface area is 121 Å². The van der Waals surface area contributed by atoms with Crippen molar-refractivity contribution in [2.24, 2.45) is 0 Å². The second-order valence-corrected chi connectivity index (χ2v) is 5.47. The molecule has 1 unspecified atom stereocenters. The van der Waals surface area contributed by atoms with E-state index in [9.17, 15) is 0 Å². The average molecular weight is 278 g/mol. The van der Waals surface area contributed by atoms with Gasteiger partial charge in [-0.3, -0.25) is 0 Å². The van der Waals surface area contributed by atoms with Crippen molar-refractivity contribution in [2.75, 3.05) is 29.9 Å². The molecule has 0 bridgehead atoms. The first-order valence-electron chi connectivity index (χ1n) is 7.71. The topological polar surface area (TPSA) is 61.3 Å². The third kappa shape index (κ3) is 3.82. The van der Waals surface area contributed by atoms with Crippen LogP contribution in [0.15, 0.2) is 6.07 Å². The highest BCUT2D eigenvalue weighted by molar-refractivity contribution is 5.46. The summed E-state index contributed by atoms with van der Waals surface area (Å²) in [5, 5.41) is 12.3. The third-order valence-electron chi connectivity index (χ3n) is 3.74. The van der Waals surface area contributed by atoms with Crippen molar-refractivity contribution < 1.29 is 5.11 Å². The van der Waals surface area contributed by atoms with Crippen LogP contribution >= 0.6 is 0 Å². The quantitative estimate of drug-likeness (QED) is 0.801. The largest absolute Gasteiger partial charge is 0.396 e. The van der Waals surface area contributed by atoms with Crippen LogP contribution in [0.3, 0.4) is 0 Å². The molecule has 0 aliphatic carbocycles. The molecule has 1 atom stereocenters. The van der Waals surface area contributed by atoms with Crippen LogP contribution in [-0.4, -0.2) is 40.8 Å². The number of rotatable bonds is 7. The van der Waals surface area contributed by atoms with Crippen molar-refractivity contribution in [3.8, 4) is 0 Å². The standard InChI is InChI=1S/C15H26N4O/c1-3-8-16-15-17-12(2)11-14(18-15)19-9-4-6-13(19)7-5-10-20/h11,13,20H,3-10H2,1-2H3,(H,16,17,18). The molecule has 0 aromatic carbocycles. The Morgan fingerprint density at radius 1 is 1.45 bits per heavy atom. The molecule has 1 aromatic heterocycles. The summed E-state index contributed by atoms with van der Waals surface area (Å²) in [6, 6.07) is 2.57. The predicted molar refractivity (Wildman–Crippen MR) is 82.2 cm³/mol. The molecule has 5 nitrogen and oxygen atoms in total. The number of aryl methyl sites for hydroxylation is 1. The van der Waals surface area contributed by atoms with E-state index in [1.807, 2.05) is 6.92 Å². The van der Waals surface area contributed by atoms with E-state index in [0.717, 1.165) is 49.8 Å². The van der Waals surface area contributed by atoms with Crippen LogP contribution in [0, 0.1) is 6.92 Å². The zero-order valence-corrected chi connectivity index (χ0v) is 12.6. The molecule has 1 fully saturated rings. The summed E-state index contributed by atoms with van der Waals surface area (Å²) in [5.41, 5.74) is 1.00. The highest BCUT2D eigenvalue weighted by atomic mass is 16.2. The van der Waals surface area contributed by atoms with Crippen LogP contribution in [0.2, 0.25) is 0 Å². The predicted octanol–water partition coefficient (Wildman–Crippen LogP) is 2.35. The summed E-state index contributed by atoms with van der Waals surface area (Å²) >= 11 is 0.